The Labute approximate surface area is 140 Å². The van der Waals surface area contributed by atoms with E-state index in [-0.39, 0.29) is 12.5 Å². The Morgan fingerprint density at radius 1 is 1.00 bits per heavy atom. The number of rotatable bonds is 3. The number of likely N-dealkylation sites (tertiary alicyclic amines) is 1. The Morgan fingerprint density at radius 3 is 2.25 bits per heavy atom. The van der Waals surface area contributed by atoms with Crippen LogP contribution in [-0.4, -0.2) is 40.5 Å². The van der Waals surface area contributed by atoms with Crippen molar-refractivity contribution in [3.05, 3.63) is 60.2 Å². The first-order valence-electron chi connectivity index (χ1n) is 7.97. The van der Waals surface area contributed by atoms with Crippen molar-refractivity contribution in [2.45, 2.75) is 18.4 Å². The average molecular weight is 324 g/mol. The van der Waals surface area contributed by atoms with E-state index < -0.39 is 11.5 Å². The molecular formula is C19H20N2O3. The highest BCUT2D eigenvalue weighted by Crippen LogP contribution is 2.24. The highest BCUT2D eigenvalue weighted by atomic mass is 16.3. The molecule has 1 aliphatic rings. The molecule has 0 aromatic heterocycles. The van der Waals surface area contributed by atoms with E-state index in [9.17, 15) is 14.7 Å². The van der Waals surface area contributed by atoms with E-state index in [4.69, 9.17) is 5.73 Å². The molecule has 2 aromatic rings. The van der Waals surface area contributed by atoms with Gasteiger partial charge >= 0.3 is 0 Å². The lowest BCUT2D eigenvalue weighted by atomic mass is 9.91. The molecule has 1 heterocycles. The SMILES string of the molecule is NC(=O)C1(O)CCCN(C(=O)c2ccc(-c3ccccc3)cc2)C1. The number of primary amides is 1. The Bertz CT molecular complexity index is 743. The van der Waals surface area contributed by atoms with Crippen molar-refractivity contribution in [2.24, 2.45) is 5.73 Å². The lowest BCUT2D eigenvalue weighted by Crippen LogP contribution is -2.57. The van der Waals surface area contributed by atoms with E-state index >= 15 is 0 Å². The minimum Gasteiger partial charge on any atom is -0.378 e. The van der Waals surface area contributed by atoms with Crippen LogP contribution in [-0.2, 0) is 4.79 Å². The van der Waals surface area contributed by atoms with Crippen molar-refractivity contribution in [2.75, 3.05) is 13.1 Å². The summed E-state index contributed by atoms with van der Waals surface area (Å²) in [7, 11) is 0. The topological polar surface area (TPSA) is 83.6 Å². The molecule has 1 aliphatic heterocycles. The van der Waals surface area contributed by atoms with E-state index in [1.54, 1.807) is 12.1 Å². The summed E-state index contributed by atoms with van der Waals surface area (Å²) in [6.45, 7) is 0.455. The maximum Gasteiger partial charge on any atom is 0.253 e. The number of nitrogens with zero attached hydrogens (tertiary/aromatic N) is 1. The highest BCUT2D eigenvalue weighted by molar-refractivity contribution is 5.95. The van der Waals surface area contributed by atoms with Crippen LogP contribution >= 0.6 is 0 Å². The van der Waals surface area contributed by atoms with Gasteiger partial charge in [0.15, 0.2) is 5.60 Å². The molecule has 24 heavy (non-hydrogen) atoms. The van der Waals surface area contributed by atoms with E-state index in [0.29, 0.717) is 24.9 Å². The quantitative estimate of drug-likeness (QED) is 0.903. The van der Waals surface area contributed by atoms with Crippen LogP contribution in [0, 0.1) is 0 Å². The zero-order valence-electron chi connectivity index (χ0n) is 13.3. The second-order valence-corrected chi connectivity index (χ2v) is 6.17. The van der Waals surface area contributed by atoms with E-state index in [2.05, 4.69) is 0 Å². The Kier molecular flexibility index (Phi) is 4.36. The second-order valence-electron chi connectivity index (χ2n) is 6.17. The fourth-order valence-electron chi connectivity index (χ4n) is 3.03. The van der Waals surface area contributed by atoms with E-state index in [1.165, 1.54) is 4.90 Å². The van der Waals surface area contributed by atoms with Crippen LogP contribution in [0.15, 0.2) is 54.6 Å². The molecule has 1 unspecified atom stereocenters. The zero-order chi connectivity index (χ0) is 17.2. The van der Waals surface area contributed by atoms with Crippen molar-refractivity contribution < 1.29 is 14.7 Å². The van der Waals surface area contributed by atoms with Gasteiger partial charge in [-0.15, -0.1) is 0 Å². The molecule has 2 amide bonds. The van der Waals surface area contributed by atoms with Crippen molar-refractivity contribution in [1.82, 2.24) is 4.90 Å². The predicted octanol–water partition coefficient (Wildman–Crippen LogP) is 1.81. The summed E-state index contributed by atoms with van der Waals surface area (Å²) >= 11 is 0. The number of amides is 2. The molecule has 3 rings (SSSR count). The van der Waals surface area contributed by atoms with E-state index in [1.807, 2.05) is 42.5 Å². The van der Waals surface area contributed by atoms with Crippen LogP contribution in [0.1, 0.15) is 23.2 Å². The third kappa shape index (κ3) is 3.16. The number of aliphatic hydroxyl groups is 1. The lowest BCUT2D eigenvalue weighted by molar-refractivity contribution is -0.140. The van der Waals surface area contributed by atoms with Crippen molar-refractivity contribution in [3.8, 4) is 11.1 Å². The number of hydrogen-bond acceptors (Lipinski definition) is 3. The molecule has 0 saturated carbocycles. The van der Waals surface area contributed by atoms with Crippen LogP contribution in [0.4, 0.5) is 0 Å². The molecule has 0 radical (unpaired) electrons. The number of β-amino-alcohol motifs (C(OH)–C–C–N with tert-alkyl or cyclic N) is 1. The molecule has 5 heteroatoms. The van der Waals surface area contributed by atoms with Crippen LogP contribution in [0.3, 0.4) is 0 Å². The van der Waals surface area contributed by atoms with E-state index in [0.717, 1.165) is 11.1 Å². The summed E-state index contributed by atoms with van der Waals surface area (Å²) in [5.74, 6) is -0.978. The van der Waals surface area contributed by atoms with Gasteiger partial charge in [0.1, 0.15) is 0 Å². The third-order valence-electron chi connectivity index (χ3n) is 4.46. The monoisotopic (exact) mass is 324 g/mol. The largest absolute Gasteiger partial charge is 0.378 e. The fourth-order valence-corrected chi connectivity index (χ4v) is 3.03. The first-order chi connectivity index (χ1) is 11.5. The Hall–Kier alpha value is -2.66. The summed E-state index contributed by atoms with van der Waals surface area (Å²) in [4.78, 5) is 25.5. The van der Waals surface area contributed by atoms with Gasteiger partial charge in [0, 0.05) is 12.1 Å². The smallest absolute Gasteiger partial charge is 0.253 e. The molecular weight excluding hydrogens is 304 g/mol. The summed E-state index contributed by atoms with van der Waals surface area (Å²) in [5.41, 5.74) is 6.27. The number of carbonyl (C=O) groups excluding carboxylic acids is 2. The number of hydrogen-bond donors (Lipinski definition) is 2. The molecule has 0 aliphatic carbocycles. The van der Waals surface area contributed by atoms with Crippen LogP contribution < -0.4 is 5.73 Å². The molecule has 3 N–H and O–H groups in total. The van der Waals surface area contributed by atoms with Gasteiger partial charge in [-0.05, 0) is 36.1 Å². The number of nitrogens with two attached hydrogens (primary N) is 1. The summed E-state index contributed by atoms with van der Waals surface area (Å²) in [6, 6.07) is 17.2. The van der Waals surface area contributed by atoms with Crippen molar-refractivity contribution >= 4 is 11.8 Å². The van der Waals surface area contributed by atoms with Crippen molar-refractivity contribution in [3.63, 3.8) is 0 Å². The summed E-state index contributed by atoms with van der Waals surface area (Å²) < 4.78 is 0. The van der Waals surface area contributed by atoms with Gasteiger partial charge < -0.3 is 15.7 Å². The minimum atomic E-state index is -1.63. The third-order valence-corrected chi connectivity index (χ3v) is 4.46. The van der Waals surface area contributed by atoms with Crippen LogP contribution in [0.2, 0.25) is 0 Å². The number of benzene rings is 2. The second kappa shape index (κ2) is 6.45. The maximum atomic E-state index is 12.6. The normalized spacial score (nSPS) is 20.6. The Morgan fingerprint density at radius 2 is 1.62 bits per heavy atom. The van der Waals surface area contributed by atoms with Crippen LogP contribution in [0.25, 0.3) is 11.1 Å². The summed E-state index contributed by atoms with van der Waals surface area (Å²) in [6.07, 6.45) is 0.840. The van der Waals surface area contributed by atoms with Crippen LogP contribution in [0.5, 0.6) is 0 Å². The molecule has 5 nitrogen and oxygen atoms in total. The van der Waals surface area contributed by atoms with Crippen molar-refractivity contribution in [1.29, 1.82) is 0 Å². The zero-order valence-corrected chi connectivity index (χ0v) is 13.3. The highest BCUT2D eigenvalue weighted by Gasteiger charge is 2.40. The first kappa shape index (κ1) is 16.2. The molecule has 2 aromatic carbocycles. The minimum absolute atomic E-state index is 0.0540. The average Bonchev–Trinajstić information content (AvgIpc) is 2.62. The Balaban J connectivity index is 1.77. The van der Waals surface area contributed by atoms with Gasteiger partial charge in [-0.25, -0.2) is 0 Å². The van der Waals surface area contributed by atoms with Gasteiger partial charge in [-0.3, -0.25) is 9.59 Å². The number of piperidine rings is 1. The molecule has 0 spiro atoms. The van der Waals surface area contributed by atoms with Gasteiger partial charge in [-0.1, -0.05) is 42.5 Å². The molecule has 124 valence electrons. The molecule has 1 fully saturated rings. The predicted molar refractivity (Wildman–Crippen MR) is 91.2 cm³/mol. The molecule has 1 atom stereocenters. The summed E-state index contributed by atoms with van der Waals surface area (Å²) in [5, 5.41) is 10.2. The number of carbonyl (C=O) groups is 2. The maximum absolute atomic E-state index is 12.6. The fraction of sp³-hybridized carbons (Fsp3) is 0.263. The molecule has 1 saturated heterocycles. The van der Waals surface area contributed by atoms with Gasteiger partial charge in [0.25, 0.3) is 11.8 Å². The molecule has 0 bridgehead atoms. The lowest BCUT2D eigenvalue weighted by Gasteiger charge is -2.37. The van der Waals surface area contributed by atoms with Gasteiger partial charge in [-0.2, -0.15) is 0 Å². The first-order valence-corrected chi connectivity index (χ1v) is 7.97. The standard InChI is InChI=1S/C19H20N2O3/c20-18(23)19(24)11-4-12-21(13-19)17(22)16-9-7-15(8-10-16)14-5-2-1-3-6-14/h1-3,5-10,24H,4,11-13H2,(H2,20,23). The van der Waals surface area contributed by atoms with Gasteiger partial charge in [0.2, 0.25) is 0 Å². The van der Waals surface area contributed by atoms with Gasteiger partial charge in [0.05, 0.1) is 6.54 Å².